The van der Waals surface area contributed by atoms with Crippen LogP contribution in [0.5, 0.6) is 0 Å². The molecule has 0 fully saturated rings. The molecule has 0 bridgehead atoms. The van der Waals surface area contributed by atoms with Crippen LogP contribution in [0.15, 0.2) is 16.8 Å². The molecule has 1 heterocycles. The smallest absolute Gasteiger partial charge is 0.478 e. The first kappa shape index (κ1) is 33.4. The van der Waals surface area contributed by atoms with Crippen LogP contribution in [0.1, 0.15) is 39.5 Å². The summed E-state index contributed by atoms with van der Waals surface area (Å²) in [6, 6.07) is -2.18. The molecule has 14 nitrogen and oxygen atoms in total. The summed E-state index contributed by atoms with van der Waals surface area (Å²) in [4.78, 5) is 47.5. The number of alkyl halides is 3. The maximum Gasteiger partial charge on any atom is 0.490 e. The number of rotatable bonds is 11. The van der Waals surface area contributed by atoms with E-state index in [0.717, 1.165) is 18.9 Å². The molecule has 1 amide bonds. The van der Waals surface area contributed by atoms with E-state index in [1.165, 1.54) is 6.92 Å². The average molecular weight is 544 g/mol. The molecule has 0 aromatic rings. The lowest BCUT2D eigenvalue weighted by Gasteiger charge is -2.38. The molecule has 0 aromatic carbocycles. The number of unbranched alkanes of at least 4 members (excludes halogenated alkanes) is 2. The van der Waals surface area contributed by atoms with E-state index in [1.54, 1.807) is 0 Å². The van der Waals surface area contributed by atoms with Crippen molar-refractivity contribution >= 4 is 29.8 Å². The molecule has 5 atom stereocenters. The zero-order chi connectivity index (χ0) is 28.9. The maximum absolute atomic E-state index is 11.7. The Morgan fingerprint density at radius 1 is 1.19 bits per heavy atom. The Morgan fingerprint density at radius 3 is 2.19 bits per heavy atom. The van der Waals surface area contributed by atoms with Crippen molar-refractivity contribution < 1.29 is 62.2 Å². The van der Waals surface area contributed by atoms with Crippen molar-refractivity contribution in [3.63, 3.8) is 0 Å². The third-order valence-corrected chi connectivity index (χ3v) is 4.56. The lowest BCUT2D eigenvalue weighted by atomic mass is 9.92. The highest BCUT2D eigenvalue weighted by Crippen LogP contribution is 2.25. The summed E-state index contributed by atoms with van der Waals surface area (Å²) in [5.74, 6) is -6.23. The zero-order valence-electron chi connectivity index (χ0n) is 20.0. The number of aliphatic carboxylic acids is 2. The number of hydrogen-bond donors (Lipinski definition) is 7. The van der Waals surface area contributed by atoms with E-state index in [2.05, 4.69) is 10.3 Å². The molecule has 212 valence electrons. The molecular formula is C20H31F3N4O10. The van der Waals surface area contributed by atoms with E-state index in [4.69, 9.17) is 30.8 Å². The second kappa shape index (κ2) is 15.5. The first-order valence-corrected chi connectivity index (χ1v) is 10.8. The zero-order valence-corrected chi connectivity index (χ0v) is 20.0. The van der Waals surface area contributed by atoms with Crippen molar-refractivity contribution in [2.45, 2.75) is 76.1 Å². The highest BCUT2D eigenvalue weighted by molar-refractivity contribution is 5.85. The van der Waals surface area contributed by atoms with Crippen LogP contribution in [0.25, 0.3) is 0 Å². The molecule has 0 saturated heterocycles. The number of amides is 1. The molecule has 37 heavy (non-hydrogen) atoms. The minimum atomic E-state index is -5.08. The molecule has 1 aliphatic rings. The summed E-state index contributed by atoms with van der Waals surface area (Å²) in [6.07, 6.45) is -6.21. The van der Waals surface area contributed by atoms with Gasteiger partial charge in [-0.05, 0) is 12.5 Å². The summed E-state index contributed by atoms with van der Waals surface area (Å²) < 4.78 is 42.0. The van der Waals surface area contributed by atoms with E-state index in [1.807, 2.05) is 6.92 Å². The average Bonchev–Trinajstić information content (AvgIpc) is 2.77. The minimum Gasteiger partial charge on any atom is -0.478 e. The summed E-state index contributed by atoms with van der Waals surface area (Å²) in [5, 5.41) is 39.7. The predicted octanol–water partition coefficient (Wildman–Crippen LogP) is -1.02. The first-order valence-electron chi connectivity index (χ1n) is 10.8. The molecule has 0 aromatic heterocycles. The standard InChI is InChI=1S/C18H30N4O8.C2HF3O2/c1-3-4-5-6-13(25)29-8-11(24)15(26)16-14(21-9(2)23)10(22-18(19)20)7-12(30-16)17(27)28;3-2(4,5)1(6)7/h7,10-11,14-16,24,26H,3-6,8H2,1-2H3,(H,21,23)(H,27,28)(H4,19,20,22);(H,6,7)/t10?,11?,14?,15?,16-;/m1./s1. The van der Waals surface area contributed by atoms with Crippen LogP contribution in [-0.2, 0) is 28.7 Å². The number of aliphatic imine (C=N–C) groups is 1. The van der Waals surface area contributed by atoms with Crippen LogP contribution >= 0.6 is 0 Å². The quantitative estimate of drug-likeness (QED) is 0.0715. The number of aliphatic hydroxyl groups is 2. The van der Waals surface area contributed by atoms with Crippen LogP contribution in [0.2, 0.25) is 0 Å². The van der Waals surface area contributed by atoms with Gasteiger partial charge in [-0.2, -0.15) is 13.2 Å². The molecular weight excluding hydrogens is 513 g/mol. The number of nitrogens with zero attached hydrogens (tertiary/aromatic N) is 1. The predicted molar refractivity (Wildman–Crippen MR) is 119 cm³/mol. The van der Waals surface area contributed by atoms with Gasteiger partial charge in [0.25, 0.3) is 0 Å². The maximum atomic E-state index is 11.7. The van der Waals surface area contributed by atoms with Crippen LogP contribution in [0, 0.1) is 0 Å². The third kappa shape index (κ3) is 12.8. The molecule has 0 spiro atoms. The number of nitrogens with one attached hydrogen (secondary N) is 1. The summed E-state index contributed by atoms with van der Waals surface area (Å²) in [5.41, 5.74) is 10.8. The second-order valence-electron chi connectivity index (χ2n) is 7.69. The Kier molecular flexibility index (Phi) is 14.0. The normalized spacial score (nSPS) is 20.5. The monoisotopic (exact) mass is 544 g/mol. The SMILES string of the molecule is CCCCCC(=O)OCC(O)C(O)[C@@H]1OC(C(=O)O)=CC(N=C(N)N)C1NC(C)=O.O=C(O)C(F)(F)F. The molecule has 0 aliphatic carbocycles. The number of halogens is 3. The van der Waals surface area contributed by atoms with Crippen molar-refractivity contribution in [2.75, 3.05) is 6.61 Å². The lowest BCUT2D eigenvalue weighted by Crippen LogP contribution is -2.60. The van der Waals surface area contributed by atoms with Gasteiger partial charge in [0.05, 0.1) is 12.1 Å². The van der Waals surface area contributed by atoms with Gasteiger partial charge in [-0.1, -0.05) is 19.8 Å². The number of carboxylic acids is 2. The first-order chi connectivity index (χ1) is 17.0. The molecule has 0 saturated carbocycles. The minimum absolute atomic E-state index is 0.170. The van der Waals surface area contributed by atoms with Crippen molar-refractivity contribution in [1.29, 1.82) is 0 Å². The van der Waals surface area contributed by atoms with Crippen molar-refractivity contribution in [1.82, 2.24) is 5.32 Å². The fraction of sp³-hybridized carbons (Fsp3) is 0.650. The number of carbonyl (C=O) groups excluding carboxylic acids is 2. The van der Waals surface area contributed by atoms with Crippen LogP contribution in [0.4, 0.5) is 13.2 Å². The van der Waals surface area contributed by atoms with Gasteiger partial charge in [-0.25, -0.2) is 14.6 Å². The van der Waals surface area contributed by atoms with Gasteiger partial charge in [-0.3, -0.25) is 9.59 Å². The number of nitrogens with two attached hydrogens (primary N) is 2. The van der Waals surface area contributed by atoms with E-state index in [0.29, 0.717) is 6.42 Å². The topological polar surface area (TPSA) is 244 Å². The van der Waals surface area contributed by atoms with Crippen molar-refractivity contribution in [3.8, 4) is 0 Å². The Labute approximate surface area is 209 Å². The fourth-order valence-corrected chi connectivity index (χ4v) is 2.90. The number of carbonyl (C=O) groups is 4. The number of ether oxygens (including phenoxy) is 2. The molecule has 9 N–H and O–H groups in total. The fourth-order valence-electron chi connectivity index (χ4n) is 2.90. The van der Waals surface area contributed by atoms with E-state index >= 15 is 0 Å². The van der Waals surface area contributed by atoms with Gasteiger partial charge in [0.1, 0.15) is 24.9 Å². The van der Waals surface area contributed by atoms with Gasteiger partial charge < -0.3 is 46.7 Å². The Morgan fingerprint density at radius 2 is 1.76 bits per heavy atom. The number of guanidine groups is 1. The van der Waals surface area contributed by atoms with Crippen molar-refractivity contribution in [3.05, 3.63) is 11.8 Å². The molecule has 0 radical (unpaired) electrons. The van der Waals surface area contributed by atoms with Crippen molar-refractivity contribution in [2.24, 2.45) is 16.5 Å². The Balaban J connectivity index is 0.00000161. The van der Waals surface area contributed by atoms with Gasteiger partial charge in [0.15, 0.2) is 5.96 Å². The van der Waals surface area contributed by atoms with E-state index < -0.39 is 72.8 Å². The van der Waals surface area contributed by atoms with E-state index in [9.17, 15) is 42.9 Å². The Hall–Kier alpha value is -3.60. The van der Waals surface area contributed by atoms with Gasteiger partial charge in [0, 0.05) is 13.3 Å². The second-order valence-corrected chi connectivity index (χ2v) is 7.69. The number of aliphatic hydroxyl groups excluding tert-OH is 2. The Bertz CT molecular complexity index is 862. The summed E-state index contributed by atoms with van der Waals surface area (Å²) in [6.45, 7) is 2.63. The van der Waals surface area contributed by atoms with Gasteiger partial charge in [0.2, 0.25) is 11.7 Å². The molecule has 4 unspecified atom stereocenters. The molecule has 1 rings (SSSR count). The van der Waals surface area contributed by atoms with E-state index in [-0.39, 0.29) is 12.4 Å². The van der Waals surface area contributed by atoms with Crippen LogP contribution < -0.4 is 16.8 Å². The van der Waals surface area contributed by atoms with Gasteiger partial charge >= 0.3 is 24.1 Å². The third-order valence-electron chi connectivity index (χ3n) is 4.56. The summed E-state index contributed by atoms with van der Waals surface area (Å²) in [7, 11) is 0. The van der Waals surface area contributed by atoms with Gasteiger partial charge in [-0.15, -0.1) is 0 Å². The highest BCUT2D eigenvalue weighted by atomic mass is 19.4. The largest absolute Gasteiger partial charge is 0.490 e. The summed E-state index contributed by atoms with van der Waals surface area (Å²) >= 11 is 0. The molecule has 1 aliphatic heterocycles. The number of esters is 1. The van der Waals surface area contributed by atoms with Crippen LogP contribution in [0.3, 0.4) is 0 Å². The van der Waals surface area contributed by atoms with Crippen LogP contribution in [-0.4, -0.2) is 93.4 Å². The lowest BCUT2D eigenvalue weighted by molar-refractivity contribution is -0.192. The number of carboxylic acid groups (broad SMARTS) is 2. The number of hydrogen-bond acceptors (Lipinski definition) is 9. The highest BCUT2D eigenvalue weighted by Gasteiger charge is 2.44. The molecule has 17 heteroatoms.